The van der Waals surface area contributed by atoms with Gasteiger partial charge in [-0.25, -0.2) is 0 Å². The van der Waals surface area contributed by atoms with Gasteiger partial charge in [0, 0.05) is 10.9 Å². The number of aryl methyl sites for hydroxylation is 1. The summed E-state index contributed by atoms with van der Waals surface area (Å²) in [6, 6.07) is 10.3. The zero-order valence-corrected chi connectivity index (χ0v) is 12.4. The van der Waals surface area contributed by atoms with E-state index in [4.69, 9.17) is 23.2 Å². The van der Waals surface area contributed by atoms with Crippen LogP contribution in [0, 0.1) is 0 Å². The molecule has 1 aromatic carbocycles. The Bertz CT molecular complexity index is 497. The molecule has 1 heterocycles. The number of hydrogen-bond acceptors (Lipinski definition) is 2. The summed E-state index contributed by atoms with van der Waals surface area (Å²) in [6.07, 6.45) is 2.06. The monoisotopic (exact) mass is 299 g/mol. The summed E-state index contributed by atoms with van der Waals surface area (Å²) in [5.41, 5.74) is 1.07. The van der Waals surface area contributed by atoms with Crippen LogP contribution in [0.2, 0.25) is 10.0 Å². The van der Waals surface area contributed by atoms with Crippen LogP contribution < -0.4 is 5.32 Å². The van der Waals surface area contributed by atoms with E-state index in [1.165, 1.54) is 4.88 Å². The molecule has 1 nitrogen and oxygen atoms in total. The minimum Gasteiger partial charge on any atom is -0.313 e. The number of nitrogens with one attached hydrogen (secondary N) is 1. The van der Waals surface area contributed by atoms with Crippen molar-refractivity contribution in [3.63, 3.8) is 0 Å². The van der Waals surface area contributed by atoms with Crippen LogP contribution in [0.5, 0.6) is 0 Å². The highest BCUT2D eigenvalue weighted by atomic mass is 35.5. The van der Waals surface area contributed by atoms with Gasteiger partial charge >= 0.3 is 0 Å². The molecule has 18 heavy (non-hydrogen) atoms. The SMILES string of the molecule is CNC(CCc1cccs1)c1cccc(Cl)c1Cl. The minimum atomic E-state index is 0.235. The highest BCUT2D eigenvalue weighted by Gasteiger charge is 2.14. The number of hydrogen-bond donors (Lipinski definition) is 1. The molecule has 0 saturated carbocycles. The van der Waals surface area contributed by atoms with Crippen molar-refractivity contribution in [2.45, 2.75) is 18.9 Å². The molecule has 0 radical (unpaired) electrons. The van der Waals surface area contributed by atoms with Crippen molar-refractivity contribution in [1.82, 2.24) is 5.32 Å². The normalized spacial score (nSPS) is 12.6. The molecule has 4 heteroatoms. The quantitative estimate of drug-likeness (QED) is 0.824. The van der Waals surface area contributed by atoms with Gasteiger partial charge in [-0.2, -0.15) is 0 Å². The Morgan fingerprint density at radius 2 is 2.06 bits per heavy atom. The van der Waals surface area contributed by atoms with Crippen LogP contribution in [0.25, 0.3) is 0 Å². The molecule has 0 aliphatic carbocycles. The molecule has 1 atom stereocenters. The topological polar surface area (TPSA) is 12.0 Å². The fraction of sp³-hybridized carbons (Fsp3) is 0.286. The molecule has 0 bridgehead atoms. The van der Waals surface area contributed by atoms with Crippen molar-refractivity contribution in [2.24, 2.45) is 0 Å². The predicted octanol–water partition coefficient (Wildman–Crippen LogP) is 4.95. The van der Waals surface area contributed by atoms with Gasteiger partial charge < -0.3 is 5.32 Å². The number of benzene rings is 1. The summed E-state index contributed by atoms with van der Waals surface area (Å²) in [5.74, 6) is 0. The maximum atomic E-state index is 6.26. The number of halogens is 2. The highest BCUT2D eigenvalue weighted by Crippen LogP contribution is 2.32. The third kappa shape index (κ3) is 3.27. The van der Waals surface area contributed by atoms with E-state index in [1.807, 2.05) is 25.2 Å². The van der Waals surface area contributed by atoms with Crippen molar-refractivity contribution < 1.29 is 0 Å². The average molecular weight is 300 g/mol. The van der Waals surface area contributed by atoms with Gasteiger partial charge in [-0.1, -0.05) is 41.4 Å². The second-order valence-corrected chi connectivity index (χ2v) is 5.92. The second-order valence-electron chi connectivity index (χ2n) is 4.10. The molecule has 96 valence electrons. The summed E-state index contributed by atoms with van der Waals surface area (Å²) >= 11 is 14.1. The Morgan fingerprint density at radius 3 is 2.72 bits per heavy atom. The van der Waals surface area contributed by atoms with E-state index in [-0.39, 0.29) is 6.04 Å². The van der Waals surface area contributed by atoms with Crippen LogP contribution in [-0.4, -0.2) is 7.05 Å². The van der Waals surface area contributed by atoms with Gasteiger partial charge in [0.15, 0.2) is 0 Å². The Balaban J connectivity index is 2.10. The molecule has 1 N–H and O–H groups in total. The summed E-state index contributed by atoms with van der Waals surface area (Å²) in [5, 5.41) is 6.69. The van der Waals surface area contributed by atoms with Crippen molar-refractivity contribution in [3.05, 3.63) is 56.2 Å². The van der Waals surface area contributed by atoms with Gasteiger partial charge in [0.25, 0.3) is 0 Å². The molecule has 0 spiro atoms. The lowest BCUT2D eigenvalue weighted by molar-refractivity contribution is 0.551. The molecule has 0 saturated heterocycles. The highest BCUT2D eigenvalue weighted by molar-refractivity contribution is 7.09. The number of rotatable bonds is 5. The third-order valence-corrected chi connectivity index (χ3v) is 4.73. The van der Waals surface area contributed by atoms with Gasteiger partial charge in [-0.15, -0.1) is 11.3 Å². The van der Waals surface area contributed by atoms with Gasteiger partial charge in [0.05, 0.1) is 10.0 Å². The first-order valence-corrected chi connectivity index (χ1v) is 7.49. The van der Waals surface area contributed by atoms with Gasteiger partial charge in [-0.3, -0.25) is 0 Å². The second kappa shape index (κ2) is 6.58. The van der Waals surface area contributed by atoms with Crippen LogP contribution in [0.3, 0.4) is 0 Å². The smallest absolute Gasteiger partial charge is 0.0640 e. The fourth-order valence-corrected chi connectivity index (χ4v) is 3.15. The maximum Gasteiger partial charge on any atom is 0.0640 e. The Hall–Kier alpha value is -0.540. The van der Waals surface area contributed by atoms with Crippen molar-refractivity contribution >= 4 is 34.5 Å². The first-order valence-electron chi connectivity index (χ1n) is 5.86. The molecule has 0 fully saturated rings. The lowest BCUT2D eigenvalue weighted by Crippen LogP contribution is -2.17. The summed E-state index contributed by atoms with van der Waals surface area (Å²) in [6.45, 7) is 0. The van der Waals surface area contributed by atoms with Crippen molar-refractivity contribution in [2.75, 3.05) is 7.05 Å². The van der Waals surface area contributed by atoms with Crippen molar-refractivity contribution in [1.29, 1.82) is 0 Å². The van der Waals surface area contributed by atoms with Crippen LogP contribution in [0.1, 0.15) is 22.9 Å². The molecule has 2 aromatic rings. The zero-order valence-electron chi connectivity index (χ0n) is 10.1. The molecular formula is C14H15Cl2NS. The molecule has 0 amide bonds. The van der Waals surface area contributed by atoms with E-state index < -0.39 is 0 Å². The molecular weight excluding hydrogens is 285 g/mol. The first kappa shape index (κ1) is 13.9. The Morgan fingerprint density at radius 1 is 1.22 bits per heavy atom. The predicted molar refractivity (Wildman–Crippen MR) is 80.9 cm³/mol. The fourth-order valence-electron chi connectivity index (χ4n) is 1.99. The third-order valence-electron chi connectivity index (χ3n) is 2.96. The first-order chi connectivity index (χ1) is 8.72. The molecule has 0 aliphatic heterocycles. The van der Waals surface area contributed by atoms with Gasteiger partial charge in [0.1, 0.15) is 0 Å². The maximum absolute atomic E-state index is 6.26. The van der Waals surface area contributed by atoms with E-state index >= 15 is 0 Å². The molecule has 1 unspecified atom stereocenters. The van der Waals surface area contributed by atoms with Gasteiger partial charge in [-0.05, 0) is 43.0 Å². The van der Waals surface area contributed by atoms with E-state index in [9.17, 15) is 0 Å². The number of thiophene rings is 1. The Kier molecular flexibility index (Phi) is 5.07. The average Bonchev–Trinajstić information content (AvgIpc) is 2.88. The van der Waals surface area contributed by atoms with Crippen molar-refractivity contribution in [3.8, 4) is 0 Å². The van der Waals surface area contributed by atoms with E-state index in [2.05, 4.69) is 22.8 Å². The van der Waals surface area contributed by atoms with Crippen LogP contribution in [0.4, 0.5) is 0 Å². The molecule has 0 aliphatic rings. The van der Waals surface area contributed by atoms with Crippen LogP contribution in [-0.2, 0) is 6.42 Å². The Labute approximate surface area is 122 Å². The lowest BCUT2D eigenvalue weighted by Gasteiger charge is -2.18. The lowest BCUT2D eigenvalue weighted by atomic mass is 10.0. The summed E-state index contributed by atoms with van der Waals surface area (Å²) in [7, 11) is 1.95. The summed E-state index contributed by atoms with van der Waals surface area (Å²) in [4.78, 5) is 1.40. The van der Waals surface area contributed by atoms with E-state index in [0.29, 0.717) is 10.0 Å². The summed E-state index contributed by atoms with van der Waals surface area (Å²) < 4.78 is 0. The van der Waals surface area contributed by atoms with Gasteiger partial charge in [0.2, 0.25) is 0 Å². The zero-order chi connectivity index (χ0) is 13.0. The largest absolute Gasteiger partial charge is 0.313 e. The molecule has 1 aromatic heterocycles. The van der Waals surface area contributed by atoms with E-state index in [0.717, 1.165) is 18.4 Å². The van der Waals surface area contributed by atoms with E-state index in [1.54, 1.807) is 11.3 Å². The van der Waals surface area contributed by atoms with Crippen LogP contribution in [0.15, 0.2) is 35.7 Å². The van der Waals surface area contributed by atoms with Crippen LogP contribution >= 0.6 is 34.5 Å². The minimum absolute atomic E-state index is 0.235. The standard InChI is InChI=1S/C14H15Cl2NS/c1-17-13(8-7-10-4-3-9-18-10)11-5-2-6-12(15)14(11)16/h2-6,9,13,17H,7-8H2,1H3. The molecule has 2 rings (SSSR count).